The summed E-state index contributed by atoms with van der Waals surface area (Å²) in [6.07, 6.45) is 4.20. The second-order valence-electron chi connectivity index (χ2n) is 6.63. The molecule has 0 atom stereocenters. The minimum Gasteiger partial charge on any atom is -0.486 e. The van der Waals surface area contributed by atoms with E-state index in [1.165, 1.54) is 6.07 Å². The molecule has 1 fully saturated rings. The number of carbonyl (C=O) groups is 1. The van der Waals surface area contributed by atoms with Gasteiger partial charge in [0.1, 0.15) is 18.2 Å². The summed E-state index contributed by atoms with van der Waals surface area (Å²) >= 11 is 0. The van der Waals surface area contributed by atoms with E-state index < -0.39 is 0 Å². The van der Waals surface area contributed by atoms with Crippen LogP contribution in [0, 0.1) is 11.7 Å². The van der Waals surface area contributed by atoms with Crippen molar-refractivity contribution in [1.82, 2.24) is 0 Å². The van der Waals surface area contributed by atoms with Gasteiger partial charge in [-0.15, -0.1) is 0 Å². The average Bonchev–Trinajstić information content (AvgIpc) is 2.88. The lowest BCUT2D eigenvalue weighted by atomic mass is 9.87. The number of ketones is 1. The van der Waals surface area contributed by atoms with Gasteiger partial charge in [0.05, 0.1) is 0 Å². The molecule has 0 amide bonds. The summed E-state index contributed by atoms with van der Waals surface area (Å²) < 4.78 is 19.4. The molecule has 0 aliphatic heterocycles. The maximum Gasteiger partial charge on any atom is 0.173 e. The normalized spacial score (nSPS) is 16.4. The molecular weight excluding hydrogens is 255 g/mol. The zero-order chi connectivity index (χ0) is 14.8. The van der Waals surface area contributed by atoms with Crippen molar-refractivity contribution in [3.8, 4) is 5.75 Å². The third kappa shape index (κ3) is 3.59. The van der Waals surface area contributed by atoms with Gasteiger partial charge in [0.2, 0.25) is 0 Å². The first-order chi connectivity index (χ1) is 9.38. The standard InChI is InChI=1S/C17H23FO2/c1-17(2,3)14-9-8-13(10-15(14)18)20-11-16(19)12-6-4-5-7-12/h8-10,12H,4-7,11H2,1-3H3. The van der Waals surface area contributed by atoms with E-state index in [1.54, 1.807) is 12.1 Å². The van der Waals surface area contributed by atoms with Gasteiger partial charge in [-0.1, -0.05) is 39.7 Å². The van der Waals surface area contributed by atoms with E-state index in [0.717, 1.165) is 25.7 Å². The van der Waals surface area contributed by atoms with Crippen LogP contribution in [0.5, 0.6) is 5.75 Å². The van der Waals surface area contributed by atoms with E-state index in [2.05, 4.69) is 0 Å². The molecule has 2 rings (SSSR count). The SMILES string of the molecule is CC(C)(C)c1ccc(OCC(=O)C2CCCC2)cc1F. The molecule has 1 saturated carbocycles. The molecule has 1 aliphatic rings. The van der Waals surface area contributed by atoms with Gasteiger partial charge >= 0.3 is 0 Å². The number of ether oxygens (including phenoxy) is 1. The zero-order valence-corrected chi connectivity index (χ0v) is 12.5. The van der Waals surface area contributed by atoms with Crippen molar-refractivity contribution < 1.29 is 13.9 Å². The first kappa shape index (κ1) is 15.0. The first-order valence-corrected chi connectivity index (χ1v) is 7.33. The summed E-state index contributed by atoms with van der Waals surface area (Å²) in [5, 5.41) is 0. The van der Waals surface area contributed by atoms with E-state index in [9.17, 15) is 9.18 Å². The highest BCUT2D eigenvalue weighted by Gasteiger charge is 2.23. The number of benzene rings is 1. The third-order valence-corrected chi connectivity index (χ3v) is 3.94. The van der Waals surface area contributed by atoms with Crippen LogP contribution in [0.4, 0.5) is 4.39 Å². The second-order valence-corrected chi connectivity index (χ2v) is 6.63. The monoisotopic (exact) mass is 278 g/mol. The van der Waals surface area contributed by atoms with Crippen molar-refractivity contribution >= 4 is 5.78 Å². The molecule has 0 N–H and O–H groups in total. The third-order valence-electron chi connectivity index (χ3n) is 3.94. The van der Waals surface area contributed by atoms with E-state index in [1.807, 2.05) is 20.8 Å². The molecule has 1 aromatic carbocycles. The van der Waals surface area contributed by atoms with E-state index in [-0.39, 0.29) is 29.5 Å². The molecule has 0 unspecified atom stereocenters. The Hall–Kier alpha value is -1.38. The van der Waals surface area contributed by atoms with Crippen LogP contribution in [0.2, 0.25) is 0 Å². The van der Waals surface area contributed by atoms with Crippen LogP contribution in [0.25, 0.3) is 0 Å². The van der Waals surface area contributed by atoms with E-state index in [0.29, 0.717) is 11.3 Å². The van der Waals surface area contributed by atoms with Crippen molar-refractivity contribution in [2.24, 2.45) is 5.92 Å². The van der Waals surface area contributed by atoms with Gasteiger partial charge in [-0.3, -0.25) is 4.79 Å². The zero-order valence-electron chi connectivity index (χ0n) is 12.5. The molecule has 20 heavy (non-hydrogen) atoms. The summed E-state index contributed by atoms with van der Waals surface area (Å²) in [6, 6.07) is 4.86. The fourth-order valence-corrected chi connectivity index (χ4v) is 2.71. The molecule has 0 bridgehead atoms. The Morgan fingerprint density at radius 1 is 1.30 bits per heavy atom. The topological polar surface area (TPSA) is 26.3 Å². The highest BCUT2D eigenvalue weighted by molar-refractivity contribution is 5.82. The summed E-state index contributed by atoms with van der Waals surface area (Å²) in [6.45, 7) is 5.96. The molecule has 0 aromatic heterocycles. The van der Waals surface area contributed by atoms with Crippen molar-refractivity contribution in [3.05, 3.63) is 29.6 Å². The summed E-state index contributed by atoms with van der Waals surface area (Å²) in [7, 11) is 0. The van der Waals surface area contributed by atoms with Gasteiger partial charge in [0.25, 0.3) is 0 Å². The average molecular weight is 278 g/mol. The van der Waals surface area contributed by atoms with E-state index >= 15 is 0 Å². The van der Waals surface area contributed by atoms with Gasteiger partial charge < -0.3 is 4.74 Å². The number of rotatable bonds is 4. The van der Waals surface area contributed by atoms with Crippen LogP contribution in [-0.4, -0.2) is 12.4 Å². The van der Waals surface area contributed by atoms with Gasteiger partial charge in [-0.05, 0) is 29.9 Å². The minimum atomic E-state index is -0.275. The molecule has 3 heteroatoms. The predicted octanol–water partition coefficient (Wildman–Crippen LogP) is 4.26. The Morgan fingerprint density at radius 3 is 2.50 bits per heavy atom. The Kier molecular flexibility index (Phi) is 4.46. The molecule has 0 spiro atoms. The summed E-state index contributed by atoms with van der Waals surface area (Å²) in [4.78, 5) is 11.9. The molecule has 2 nitrogen and oxygen atoms in total. The van der Waals surface area contributed by atoms with Crippen molar-refractivity contribution in [2.75, 3.05) is 6.61 Å². The Morgan fingerprint density at radius 2 is 1.95 bits per heavy atom. The van der Waals surface area contributed by atoms with Crippen molar-refractivity contribution in [3.63, 3.8) is 0 Å². The second kappa shape index (κ2) is 5.94. The Labute approximate surface area is 120 Å². The largest absolute Gasteiger partial charge is 0.486 e. The molecule has 0 saturated heterocycles. The van der Waals surface area contributed by atoms with Gasteiger partial charge in [0, 0.05) is 12.0 Å². The predicted molar refractivity (Wildman–Crippen MR) is 77.6 cm³/mol. The molecular formula is C17H23FO2. The van der Waals surface area contributed by atoms with Crippen LogP contribution in [0.15, 0.2) is 18.2 Å². The summed E-state index contributed by atoms with van der Waals surface area (Å²) in [5.74, 6) is 0.446. The summed E-state index contributed by atoms with van der Waals surface area (Å²) in [5.41, 5.74) is 0.425. The van der Waals surface area contributed by atoms with Crippen LogP contribution in [-0.2, 0) is 10.2 Å². The molecule has 0 heterocycles. The Bertz CT molecular complexity index is 482. The van der Waals surface area contributed by atoms with Crippen molar-refractivity contribution in [1.29, 1.82) is 0 Å². The smallest absolute Gasteiger partial charge is 0.173 e. The van der Waals surface area contributed by atoms with Gasteiger partial charge in [-0.25, -0.2) is 4.39 Å². The van der Waals surface area contributed by atoms with Gasteiger partial charge in [0.15, 0.2) is 5.78 Å². The first-order valence-electron chi connectivity index (χ1n) is 7.33. The maximum atomic E-state index is 14.0. The fraction of sp³-hybridized carbons (Fsp3) is 0.588. The number of halogens is 1. The van der Waals surface area contributed by atoms with Crippen LogP contribution >= 0.6 is 0 Å². The Balaban J connectivity index is 1.97. The highest BCUT2D eigenvalue weighted by atomic mass is 19.1. The fourth-order valence-electron chi connectivity index (χ4n) is 2.71. The lowest BCUT2D eigenvalue weighted by Crippen LogP contribution is -2.19. The van der Waals surface area contributed by atoms with Crippen LogP contribution in [0.1, 0.15) is 52.0 Å². The quantitative estimate of drug-likeness (QED) is 0.822. The lowest BCUT2D eigenvalue weighted by molar-refractivity contribution is -0.124. The molecule has 1 aromatic rings. The maximum absolute atomic E-state index is 14.0. The lowest BCUT2D eigenvalue weighted by Gasteiger charge is -2.20. The van der Waals surface area contributed by atoms with Crippen LogP contribution < -0.4 is 4.74 Å². The van der Waals surface area contributed by atoms with Gasteiger partial charge in [-0.2, -0.15) is 0 Å². The van der Waals surface area contributed by atoms with Crippen LogP contribution in [0.3, 0.4) is 0 Å². The molecule has 110 valence electrons. The molecule has 0 radical (unpaired) electrons. The number of carbonyl (C=O) groups excluding carboxylic acids is 1. The van der Waals surface area contributed by atoms with E-state index in [4.69, 9.17) is 4.74 Å². The highest BCUT2D eigenvalue weighted by Crippen LogP contribution is 2.28. The number of hydrogen-bond acceptors (Lipinski definition) is 2. The number of hydrogen-bond donors (Lipinski definition) is 0. The molecule has 1 aliphatic carbocycles. The van der Waals surface area contributed by atoms with Crippen molar-refractivity contribution in [2.45, 2.75) is 51.9 Å². The minimum absolute atomic E-state index is 0.0545. The number of Topliss-reactive ketones (excluding diaryl/α,β-unsaturated/α-hetero) is 1.